The molecule has 0 amide bonds. The van der Waals surface area contributed by atoms with Crippen molar-refractivity contribution in [3.63, 3.8) is 0 Å². The standard InChI is InChI=1S/C18H18BrFN2.C10H15BrO/c1-17-8-7-13(18(17,2)10-19)12-9-15(21-22-16(12)17)11-5-3-4-6-14(11)20;1-9-4-3-7(5-8(9)12)10(9,2)6-11/h3-6,9,13H,7-8,10H2,1-2H3;7H,3-6H2,1-2H3/t13-,17+,18?;7-,9+,10?/m11/s1. The molecule has 182 valence electrons. The van der Waals surface area contributed by atoms with Crippen LogP contribution < -0.4 is 0 Å². The van der Waals surface area contributed by atoms with E-state index in [0.29, 0.717) is 28.9 Å². The van der Waals surface area contributed by atoms with Crippen molar-refractivity contribution in [1.82, 2.24) is 10.2 Å². The van der Waals surface area contributed by atoms with E-state index in [1.165, 1.54) is 24.5 Å². The van der Waals surface area contributed by atoms with E-state index in [2.05, 4.69) is 75.8 Å². The third-order valence-corrected chi connectivity index (χ3v) is 12.9. The van der Waals surface area contributed by atoms with E-state index in [9.17, 15) is 9.18 Å². The molecule has 6 rings (SSSR count). The van der Waals surface area contributed by atoms with Crippen LogP contribution in [0, 0.1) is 28.0 Å². The fourth-order valence-corrected chi connectivity index (χ4v) is 9.55. The molecule has 0 radical (unpaired) electrons. The number of aromatic nitrogens is 2. The maximum absolute atomic E-state index is 14.0. The first-order valence-corrected chi connectivity index (χ1v) is 14.6. The third-order valence-electron chi connectivity index (χ3n) is 10.6. The quantitative estimate of drug-likeness (QED) is 0.345. The highest BCUT2D eigenvalue weighted by molar-refractivity contribution is 9.09. The molecule has 0 spiro atoms. The van der Waals surface area contributed by atoms with E-state index in [0.717, 1.165) is 35.6 Å². The second-order valence-corrected chi connectivity index (χ2v) is 12.9. The molecule has 4 bridgehead atoms. The Balaban J connectivity index is 0.000000169. The summed E-state index contributed by atoms with van der Waals surface area (Å²) in [6, 6.07) is 8.84. The molecular weight excluding hydrogens is 559 g/mol. The Labute approximate surface area is 219 Å². The normalized spacial score (nSPS) is 39.2. The van der Waals surface area contributed by atoms with Crippen LogP contribution in [-0.4, -0.2) is 26.6 Å². The summed E-state index contributed by atoms with van der Waals surface area (Å²) in [7, 11) is 0. The van der Waals surface area contributed by atoms with Crippen molar-refractivity contribution in [2.24, 2.45) is 22.2 Å². The van der Waals surface area contributed by atoms with Crippen LogP contribution in [0.2, 0.25) is 0 Å². The molecule has 1 heterocycles. The minimum absolute atomic E-state index is 0.0127. The molecule has 0 saturated heterocycles. The van der Waals surface area contributed by atoms with Crippen LogP contribution in [-0.2, 0) is 10.2 Å². The predicted molar refractivity (Wildman–Crippen MR) is 141 cm³/mol. The Kier molecular flexibility index (Phi) is 5.91. The van der Waals surface area contributed by atoms with Crippen molar-refractivity contribution in [2.45, 2.75) is 71.1 Å². The zero-order valence-corrected chi connectivity index (χ0v) is 23.6. The van der Waals surface area contributed by atoms with E-state index in [1.807, 2.05) is 6.07 Å². The van der Waals surface area contributed by atoms with Gasteiger partial charge < -0.3 is 0 Å². The van der Waals surface area contributed by atoms with Gasteiger partial charge in [0.2, 0.25) is 0 Å². The van der Waals surface area contributed by atoms with Gasteiger partial charge in [-0.15, -0.1) is 0 Å². The average molecular weight is 592 g/mol. The molecule has 1 aromatic heterocycles. The molecule has 0 aliphatic heterocycles. The van der Waals surface area contributed by atoms with Crippen molar-refractivity contribution in [3.05, 3.63) is 47.4 Å². The molecule has 4 aliphatic carbocycles. The Hall–Kier alpha value is -1.14. The topological polar surface area (TPSA) is 42.9 Å². The van der Waals surface area contributed by atoms with Crippen LogP contribution in [0.3, 0.4) is 0 Å². The average Bonchev–Trinajstić information content (AvgIpc) is 3.39. The molecule has 3 fully saturated rings. The van der Waals surface area contributed by atoms with Crippen molar-refractivity contribution >= 4 is 37.6 Å². The maximum Gasteiger partial charge on any atom is 0.139 e. The summed E-state index contributed by atoms with van der Waals surface area (Å²) >= 11 is 7.28. The summed E-state index contributed by atoms with van der Waals surface area (Å²) in [5, 5.41) is 10.8. The first-order valence-electron chi connectivity index (χ1n) is 12.3. The van der Waals surface area contributed by atoms with Crippen molar-refractivity contribution < 1.29 is 9.18 Å². The Bertz CT molecular complexity index is 1160. The molecule has 1 aromatic carbocycles. The van der Waals surface area contributed by atoms with Crippen molar-refractivity contribution in [2.75, 3.05) is 10.7 Å². The zero-order chi connectivity index (χ0) is 24.5. The predicted octanol–water partition coefficient (Wildman–Crippen LogP) is 7.61. The van der Waals surface area contributed by atoms with Gasteiger partial charge in [-0.05, 0) is 72.1 Å². The largest absolute Gasteiger partial charge is 0.299 e. The summed E-state index contributed by atoms with van der Waals surface area (Å²) in [6.07, 6.45) is 5.52. The lowest BCUT2D eigenvalue weighted by Gasteiger charge is -2.36. The van der Waals surface area contributed by atoms with Gasteiger partial charge in [-0.1, -0.05) is 71.7 Å². The van der Waals surface area contributed by atoms with Gasteiger partial charge in [0.25, 0.3) is 0 Å². The highest BCUT2D eigenvalue weighted by atomic mass is 79.9. The summed E-state index contributed by atoms with van der Waals surface area (Å²) in [6.45, 7) is 9.06. The lowest BCUT2D eigenvalue weighted by atomic mass is 9.70. The monoisotopic (exact) mass is 590 g/mol. The van der Waals surface area contributed by atoms with Gasteiger partial charge in [-0.3, -0.25) is 4.79 Å². The van der Waals surface area contributed by atoms with Gasteiger partial charge in [0.05, 0.1) is 11.4 Å². The number of carbonyl (C=O) groups excluding carboxylic acids is 1. The molecule has 0 N–H and O–H groups in total. The van der Waals surface area contributed by atoms with Crippen LogP contribution in [0.1, 0.15) is 77.0 Å². The Morgan fingerprint density at radius 1 is 0.971 bits per heavy atom. The van der Waals surface area contributed by atoms with Crippen molar-refractivity contribution in [3.8, 4) is 11.3 Å². The lowest BCUT2D eigenvalue weighted by molar-refractivity contribution is -0.128. The minimum Gasteiger partial charge on any atom is -0.299 e. The molecule has 3 saturated carbocycles. The SMILES string of the molecule is CC1(CBr)[C@@H]2CC[C@@]1(C)C(=O)C2.CC1(CBr)[C@@H]2CC[C@@]1(C)c1nnc(-c3ccccc3F)cc12. The number of rotatable bonds is 3. The van der Waals surface area contributed by atoms with Gasteiger partial charge >= 0.3 is 0 Å². The molecule has 6 atom stereocenters. The highest BCUT2D eigenvalue weighted by Gasteiger charge is 2.63. The fourth-order valence-electron chi connectivity index (χ4n) is 7.46. The molecule has 2 aromatic rings. The summed E-state index contributed by atoms with van der Waals surface area (Å²) < 4.78 is 14.0. The van der Waals surface area contributed by atoms with E-state index >= 15 is 0 Å². The minimum atomic E-state index is -0.241. The molecule has 4 aliphatic rings. The number of halogens is 3. The first-order chi connectivity index (χ1) is 16.1. The van der Waals surface area contributed by atoms with E-state index in [-0.39, 0.29) is 27.5 Å². The first kappa shape index (κ1) is 24.5. The molecular formula is C28H33Br2FN2O. The van der Waals surface area contributed by atoms with Gasteiger partial charge in [-0.25, -0.2) is 4.39 Å². The van der Waals surface area contributed by atoms with Gasteiger partial charge in [0, 0.05) is 33.5 Å². The van der Waals surface area contributed by atoms with Crippen molar-refractivity contribution in [1.29, 1.82) is 0 Å². The Morgan fingerprint density at radius 2 is 1.65 bits per heavy atom. The molecule has 6 heteroatoms. The maximum atomic E-state index is 14.0. The molecule has 2 unspecified atom stereocenters. The van der Waals surface area contributed by atoms with Crippen LogP contribution in [0.15, 0.2) is 30.3 Å². The zero-order valence-electron chi connectivity index (χ0n) is 20.4. The van der Waals surface area contributed by atoms with Gasteiger partial charge in [0.1, 0.15) is 11.6 Å². The van der Waals surface area contributed by atoms with E-state index in [1.54, 1.807) is 12.1 Å². The van der Waals surface area contributed by atoms with Gasteiger partial charge in [-0.2, -0.15) is 10.2 Å². The molecule has 3 nitrogen and oxygen atoms in total. The van der Waals surface area contributed by atoms with E-state index < -0.39 is 0 Å². The summed E-state index contributed by atoms with van der Waals surface area (Å²) in [5.41, 5.74) is 4.02. The van der Waals surface area contributed by atoms with E-state index in [4.69, 9.17) is 0 Å². The fraction of sp³-hybridized carbons (Fsp3) is 0.607. The lowest BCUT2D eigenvalue weighted by Crippen LogP contribution is -2.36. The number of Topliss-reactive ketones (excluding diaryl/α,β-unsaturated/α-hetero) is 1. The smallest absolute Gasteiger partial charge is 0.139 e. The van der Waals surface area contributed by atoms with Gasteiger partial charge in [0.15, 0.2) is 0 Å². The van der Waals surface area contributed by atoms with Crippen LogP contribution in [0.25, 0.3) is 11.3 Å². The number of benzene rings is 1. The Morgan fingerprint density at radius 3 is 2.21 bits per heavy atom. The number of fused-ring (bicyclic) bond motifs is 7. The second kappa shape index (κ2) is 8.19. The number of hydrogen-bond donors (Lipinski definition) is 0. The number of ketones is 1. The number of hydrogen-bond acceptors (Lipinski definition) is 3. The highest BCUT2D eigenvalue weighted by Crippen LogP contribution is 2.68. The third kappa shape index (κ3) is 3.06. The van der Waals surface area contributed by atoms with Crippen LogP contribution in [0.5, 0.6) is 0 Å². The summed E-state index contributed by atoms with van der Waals surface area (Å²) in [5.74, 6) is 1.39. The van der Waals surface area contributed by atoms with Crippen LogP contribution in [0.4, 0.5) is 4.39 Å². The molecule has 34 heavy (non-hydrogen) atoms. The number of carbonyl (C=O) groups is 1. The van der Waals surface area contributed by atoms with Crippen LogP contribution >= 0.6 is 31.9 Å². The second-order valence-electron chi connectivity index (χ2n) is 11.7. The number of nitrogens with zero attached hydrogens (tertiary/aromatic N) is 2. The number of alkyl halides is 2. The summed E-state index contributed by atoms with van der Waals surface area (Å²) in [4.78, 5) is 11.7.